The average Bonchev–Trinajstić information content (AvgIpc) is 2.69. The molecule has 3 aromatic rings. The summed E-state index contributed by atoms with van der Waals surface area (Å²) in [5, 5.41) is 0.395. The molecule has 6 heteroatoms. The summed E-state index contributed by atoms with van der Waals surface area (Å²) in [6.07, 6.45) is 0. The van der Waals surface area contributed by atoms with Crippen LogP contribution in [0.3, 0.4) is 0 Å². The minimum Gasteiger partial charge on any atom is -0.497 e. The molecule has 0 aliphatic heterocycles. The number of fused-ring (bicyclic) bond motifs is 1. The first-order valence-electron chi connectivity index (χ1n) is 8.53. The summed E-state index contributed by atoms with van der Waals surface area (Å²) in [6.45, 7) is 3.52. The monoisotopic (exact) mass is 368 g/mol. The predicted octanol–water partition coefficient (Wildman–Crippen LogP) is 3.72. The number of methoxy groups -OCH3 is 1. The molecule has 0 spiro atoms. The second kappa shape index (κ2) is 7.95. The number of benzene rings is 2. The Hall–Kier alpha value is -3.28. The lowest BCUT2D eigenvalue weighted by Gasteiger charge is -2.10. The van der Waals surface area contributed by atoms with E-state index in [0.717, 1.165) is 11.3 Å². The molecular weight excluding hydrogens is 348 g/mol. The van der Waals surface area contributed by atoms with Crippen molar-refractivity contribution in [3.05, 3.63) is 58.3 Å². The first-order chi connectivity index (χ1) is 13.0. The summed E-state index contributed by atoms with van der Waals surface area (Å²) in [5.41, 5.74) is 1.58. The summed E-state index contributed by atoms with van der Waals surface area (Å²) < 4.78 is 21.3. The van der Waals surface area contributed by atoms with Crippen molar-refractivity contribution in [2.45, 2.75) is 13.8 Å². The van der Waals surface area contributed by atoms with Crippen LogP contribution in [-0.2, 0) is 9.53 Å². The van der Waals surface area contributed by atoms with Crippen molar-refractivity contribution < 1.29 is 23.4 Å². The Balaban J connectivity index is 1.96. The highest BCUT2D eigenvalue weighted by Crippen LogP contribution is 2.28. The van der Waals surface area contributed by atoms with Gasteiger partial charge in [0.05, 0.1) is 19.1 Å². The molecule has 2 aromatic carbocycles. The Kier molecular flexibility index (Phi) is 5.45. The van der Waals surface area contributed by atoms with Gasteiger partial charge in [-0.2, -0.15) is 0 Å². The highest BCUT2D eigenvalue weighted by molar-refractivity contribution is 5.82. The lowest BCUT2D eigenvalue weighted by molar-refractivity contribution is -0.145. The molecule has 0 bridgehead atoms. The highest BCUT2D eigenvalue weighted by atomic mass is 16.6. The van der Waals surface area contributed by atoms with Gasteiger partial charge in [0.25, 0.3) is 0 Å². The van der Waals surface area contributed by atoms with Crippen LogP contribution in [0.4, 0.5) is 0 Å². The molecule has 1 aromatic heterocycles. The van der Waals surface area contributed by atoms with Crippen LogP contribution in [0.15, 0.2) is 51.7 Å². The number of esters is 1. The molecule has 0 unspecified atom stereocenters. The maximum atomic E-state index is 12.8. The lowest BCUT2D eigenvalue weighted by atomic mass is 10.1. The predicted molar refractivity (Wildman–Crippen MR) is 101 cm³/mol. The highest BCUT2D eigenvalue weighted by Gasteiger charge is 2.14. The van der Waals surface area contributed by atoms with Gasteiger partial charge in [0, 0.05) is 11.1 Å². The molecule has 0 N–H and O–H groups in total. The maximum absolute atomic E-state index is 12.8. The zero-order chi connectivity index (χ0) is 19.4. The molecule has 27 heavy (non-hydrogen) atoms. The number of ether oxygens (including phenoxy) is 3. The topological polar surface area (TPSA) is 75.0 Å². The van der Waals surface area contributed by atoms with Gasteiger partial charge in [-0.25, -0.2) is 4.79 Å². The molecule has 0 saturated carbocycles. The van der Waals surface area contributed by atoms with E-state index < -0.39 is 5.97 Å². The normalized spacial score (nSPS) is 10.6. The van der Waals surface area contributed by atoms with E-state index in [0.29, 0.717) is 28.0 Å². The zero-order valence-electron chi connectivity index (χ0n) is 15.4. The molecule has 0 radical (unpaired) electrons. The largest absolute Gasteiger partial charge is 0.497 e. The van der Waals surface area contributed by atoms with Crippen LogP contribution in [-0.4, -0.2) is 26.3 Å². The second-order valence-corrected chi connectivity index (χ2v) is 5.87. The Labute approximate surface area is 156 Å². The Bertz CT molecular complexity index is 1020. The maximum Gasteiger partial charge on any atom is 0.344 e. The van der Waals surface area contributed by atoms with Crippen LogP contribution in [0.1, 0.15) is 12.5 Å². The van der Waals surface area contributed by atoms with Gasteiger partial charge in [0.15, 0.2) is 12.0 Å². The van der Waals surface area contributed by atoms with E-state index in [9.17, 15) is 9.59 Å². The Morgan fingerprint density at radius 2 is 1.78 bits per heavy atom. The van der Waals surface area contributed by atoms with Gasteiger partial charge in [-0.15, -0.1) is 0 Å². The molecule has 0 saturated heterocycles. The molecular formula is C21H20O6. The first-order valence-corrected chi connectivity index (χ1v) is 8.53. The molecule has 0 atom stereocenters. The molecule has 0 amide bonds. The SMILES string of the molecule is CCOC(=O)COc1ccc2oc(-c3ccc(OC)cc3)c(C)c(=O)c2c1. The van der Waals surface area contributed by atoms with Gasteiger partial charge in [-0.1, -0.05) is 0 Å². The van der Waals surface area contributed by atoms with Crippen molar-refractivity contribution in [3.8, 4) is 22.8 Å². The summed E-state index contributed by atoms with van der Waals surface area (Å²) in [5.74, 6) is 1.17. The number of carbonyl (C=O) groups excluding carboxylic acids is 1. The number of carbonyl (C=O) groups is 1. The van der Waals surface area contributed by atoms with Crippen molar-refractivity contribution in [2.24, 2.45) is 0 Å². The number of hydrogen-bond acceptors (Lipinski definition) is 6. The van der Waals surface area contributed by atoms with E-state index in [1.165, 1.54) is 0 Å². The molecule has 0 aliphatic rings. The van der Waals surface area contributed by atoms with Gasteiger partial charge >= 0.3 is 5.97 Å². The quantitative estimate of drug-likeness (QED) is 0.617. The van der Waals surface area contributed by atoms with Crippen LogP contribution in [0, 0.1) is 6.92 Å². The van der Waals surface area contributed by atoms with Gasteiger partial charge in [0.1, 0.15) is 22.8 Å². The van der Waals surface area contributed by atoms with Crippen molar-refractivity contribution >= 4 is 16.9 Å². The van der Waals surface area contributed by atoms with E-state index in [1.807, 2.05) is 24.3 Å². The van der Waals surface area contributed by atoms with Crippen molar-refractivity contribution in [2.75, 3.05) is 20.3 Å². The van der Waals surface area contributed by atoms with Gasteiger partial charge in [-0.3, -0.25) is 4.79 Å². The van der Waals surface area contributed by atoms with Crippen molar-refractivity contribution in [1.29, 1.82) is 0 Å². The van der Waals surface area contributed by atoms with Crippen LogP contribution in [0.5, 0.6) is 11.5 Å². The number of rotatable bonds is 6. The molecule has 140 valence electrons. The molecule has 0 aliphatic carbocycles. The van der Waals surface area contributed by atoms with E-state index >= 15 is 0 Å². The molecule has 3 rings (SSSR count). The zero-order valence-corrected chi connectivity index (χ0v) is 15.4. The van der Waals surface area contributed by atoms with Gasteiger partial charge in [0.2, 0.25) is 0 Å². The second-order valence-electron chi connectivity index (χ2n) is 5.87. The summed E-state index contributed by atoms with van der Waals surface area (Å²) in [4.78, 5) is 24.2. The van der Waals surface area contributed by atoms with Crippen LogP contribution in [0.2, 0.25) is 0 Å². The van der Waals surface area contributed by atoms with Crippen LogP contribution < -0.4 is 14.9 Å². The van der Waals surface area contributed by atoms with Gasteiger partial charge in [-0.05, 0) is 56.3 Å². The summed E-state index contributed by atoms with van der Waals surface area (Å²) >= 11 is 0. The van der Waals surface area contributed by atoms with Crippen LogP contribution >= 0.6 is 0 Å². The summed E-state index contributed by atoms with van der Waals surface area (Å²) in [6, 6.07) is 12.2. The number of hydrogen-bond donors (Lipinski definition) is 0. The van der Waals surface area contributed by atoms with E-state index in [4.69, 9.17) is 18.6 Å². The van der Waals surface area contributed by atoms with E-state index in [1.54, 1.807) is 39.2 Å². The standard InChI is InChI=1S/C21H20O6/c1-4-25-19(22)12-26-16-9-10-18-17(11-16)20(23)13(2)21(27-18)14-5-7-15(24-3)8-6-14/h5-11H,4,12H2,1-3H3. The first kappa shape index (κ1) is 18.5. The molecule has 0 fully saturated rings. The fourth-order valence-electron chi connectivity index (χ4n) is 2.72. The van der Waals surface area contributed by atoms with Crippen LogP contribution in [0.25, 0.3) is 22.3 Å². The minimum atomic E-state index is -0.462. The fourth-order valence-corrected chi connectivity index (χ4v) is 2.72. The third kappa shape index (κ3) is 3.95. The average molecular weight is 368 g/mol. The Morgan fingerprint density at radius 3 is 2.44 bits per heavy atom. The Morgan fingerprint density at radius 1 is 1.07 bits per heavy atom. The smallest absolute Gasteiger partial charge is 0.344 e. The minimum absolute atomic E-state index is 0.149. The fraction of sp³-hybridized carbons (Fsp3) is 0.238. The summed E-state index contributed by atoms with van der Waals surface area (Å²) in [7, 11) is 1.60. The van der Waals surface area contributed by atoms with Gasteiger partial charge < -0.3 is 18.6 Å². The molecule has 1 heterocycles. The van der Waals surface area contributed by atoms with E-state index in [2.05, 4.69) is 0 Å². The lowest BCUT2D eigenvalue weighted by Crippen LogP contribution is -2.14. The van der Waals surface area contributed by atoms with Crippen molar-refractivity contribution in [1.82, 2.24) is 0 Å². The third-order valence-electron chi connectivity index (χ3n) is 4.10. The molecule has 6 nitrogen and oxygen atoms in total. The van der Waals surface area contributed by atoms with Crippen molar-refractivity contribution in [3.63, 3.8) is 0 Å². The third-order valence-corrected chi connectivity index (χ3v) is 4.10. The van der Waals surface area contributed by atoms with E-state index in [-0.39, 0.29) is 18.6 Å².